The van der Waals surface area contributed by atoms with Gasteiger partial charge in [0.05, 0.1) is 0 Å². The van der Waals surface area contributed by atoms with Crippen molar-refractivity contribution in [3.8, 4) is 29.2 Å². The number of methoxy groups -OCH3 is 2. The number of aromatic amines is 1. The fraction of sp³-hybridized carbons (Fsp3) is 0.296. The van der Waals surface area contributed by atoms with Crippen LogP contribution in [0.25, 0.3) is 22.3 Å². The van der Waals surface area contributed by atoms with Gasteiger partial charge in [-0.2, -0.15) is 0 Å². The average molecular weight is 595 g/mol. The fourth-order valence-corrected chi connectivity index (χ4v) is 7.09. The van der Waals surface area contributed by atoms with Crippen LogP contribution in [0.2, 0.25) is 0 Å². The topological polar surface area (TPSA) is 90.3 Å². The molecule has 5 rings (SSSR count). The van der Waals surface area contributed by atoms with Gasteiger partial charge in [0.25, 0.3) is 0 Å². The number of nitriles is 1. The number of anilines is 1. The first kappa shape index (κ1) is 24.3. The zero-order valence-electron chi connectivity index (χ0n) is 20.4. The molecule has 36 heavy (non-hydrogen) atoms. The molecule has 0 atom stereocenters. The summed E-state index contributed by atoms with van der Waals surface area (Å²) in [5.74, 6) is 1.56. The van der Waals surface area contributed by atoms with E-state index in [9.17, 15) is 5.26 Å². The quantitative estimate of drug-likeness (QED) is 0.142. The van der Waals surface area contributed by atoms with Gasteiger partial charge in [0.15, 0.2) is 0 Å². The molecule has 2 aromatic carbocycles. The van der Waals surface area contributed by atoms with Crippen LogP contribution in [-0.2, 0) is 6.42 Å². The van der Waals surface area contributed by atoms with Crippen molar-refractivity contribution in [2.75, 3.05) is 43.3 Å². The predicted molar refractivity (Wildman–Crippen MR) is 136 cm³/mol. The fourth-order valence-electron chi connectivity index (χ4n) is 4.32. The Morgan fingerprint density at radius 3 is 2.47 bits per heavy atom. The van der Waals surface area contributed by atoms with E-state index in [0.29, 0.717) is 23.1 Å². The Hall–Kier alpha value is -3.36. The zero-order valence-corrected chi connectivity index (χ0v) is 22.5. The molecule has 2 aromatic heterocycles. The second-order valence-corrected chi connectivity index (χ2v) is 11.3. The molecule has 1 saturated heterocycles. The molecule has 4 aromatic rings. The summed E-state index contributed by atoms with van der Waals surface area (Å²) in [7, 11) is 3.18. The van der Waals surface area contributed by atoms with Gasteiger partial charge >= 0.3 is 222 Å². The number of hydrogen-bond donors (Lipinski definition) is 1. The third-order valence-corrected chi connectivity index (χ3v) is 9.37. The average Bonchev–Trinajstić information content (AvgIpc) is 3.35. The van der Waals surface area contributed by atoms with Crippen LogP contribution in [0, 0.1) is 11.3 Å². The van der Waals surface area contributed by atoms with Crippen molar-refractivity contribution in [1.29, 1.82) is 5.26 Å². The van der Waals surface area contributed by atoms with Crippen LogP contribution >= 0.6 is 0 Å². The Bertz CT molecular complexity index is 1350. The SMILES string of the molecule is COc1cc(OC)nc(-c2ccc(N3CCN(CCCc4c[nH]c5ccc(C#N)cc45)[I-]C3)cc2)n1. The van der Waals surface area contributed by atoms with Crippen LogP contribution in [-0.4, -0.2) is 56.5 Å². The normalized spacial score (nSPS) is 14.3. The molecule has 186 valence electrons. The summed E-state index contributed by atoms with van der Waals surface area (Å²) in [6.07, 6.45) is 4.24. The summed E-state index contributed by atoms with van der Waals surface area (Å²) in [6, 6.07) is 18.2. The van der Waals surface area contributed by atoms with Crippen LogP contribution < -0.4 is 35.9 Å². The van der Waals surface area contributed by atoms with E-state index in [2.05, 4.69) is 59.5 Å². The summed E-state index contributed by atoms with van der Waals surface area (Å²) in [5.41, 5.74) is 5.29. The number of H-pyrrole nitrogens is 1. The van der Waals surface area contributed by atoms with Gasteiger partial charge < -0.3 is 0 Å². The zero-order chi connectivity index (χ0) is 24.9. The standard InChI is InChI=1S/C27H28IN6O2/c1-35-25-15-26(36-2)32-27(31-25)20-6-8-22(9-7-20)33-12-13-34(28-18-33)11-3-4-21-17-30-24-10-5-19(16-29)14-23(21)24/h5-10,14-15,17,30H,3-4,11-13,18H2,1-2H3/q-1. The summed E-state index contributed by atoms with van der Waals surface area (Å²) >= 11 is -0.0470. The van der Waals surface area contributed by atoms with Gasteiger partial charge in [0, 0.05) is 0 Å². The molecule has 1 N–H and O–H groups in total. The van der Waals surface area contributed by atoms with Gasteiger partial charge in [-0.1, -0.05) is 0 Å². The number of halogens is 1. The van der Waals surface area contributed by atoms with Gasteiger partial charge in [-0.3, -0.25) is 0 Å². The van der Waals surface area contributed by atoms with Crippen molar-refractivity contribution in [1.82, 2.24) is 18.1 Å². The second-order valence-electron chi connectivity index (χ2n) is 8.53. The minimum absolute atomic E-state index is 0.0470. The van der Waals surface area contributed by atoms with Gasteiger partial charge in [-0.05, 0) is 0 Å². The molecule has 3 heterocycles. The van der Waals surface area contributed by atoms with Crippen molar-refractivity contribution < 1.29 is 31.0 Å². The summed E-state index contributed by atoms with van der Waals surface area (Å²) in [5, 5.41) is 10.4. The maximum atomic E-state index is 9.20. The molecule has 1 aliphatic rings. The van der Waals surface area contributed by atoms with Crippen LogP contribution in [0.1, 0.15) is 17.5 Å². The Balaban J connectivity index is 1.14. The number of aromatic nitrogens is 3. The molecule has 0 amide bonds. The number of nitrogens with one attached hydrogen (secondary N) is 1. The van der Waals surface area contributed by atoms with E-state index in [1.165, 1.54) is 16.6 Å². The van der Waals surface area contributed by atoms with Crippen molar-refractivity contribution in [3.63, 3.8) is 0 Å². The van der Waals surface area contributed by atoms with E-state index in [4.69, 9.17) is 9.47 Å². The third-order valence-electron chi connectivity index (χ3n) is 6.31. The molecular weight excluding hydrogens is 567 g/mol. The molecule has 0 radical (unpaired) electrons. The Morgan fingerprint density at radius 1 is 1.03 bits per heavy atom. The Morgan fingerprint density at radius 2 is 1.81 bits per heavy atom. The first-order valence-corrected chi connectivity index (χ1v) is 14.3. The molecule has 0 unspecified atom stereocenters. The number of rotatable bonds is 8. The van der Waals surface area contributed by atoms with E-state index in [0.717, 1.165) is 48.1 Å². The number of aryl methyl sites for hydroxylation is 1. The van der Waals surface area contributed by atoms with Gasteiger partial charge in [-0.25, -0.2) is 0 Å². The number of fused-ring (bicyclic) bond motifs is 1. The molecule has 0 aliphatic carbocycles. The van der Waals surface area contributed by atoms with E-state index in [1.54, 1.807) is 20.3 Å². The van der Waals surface area contributed by atoms with E-state index < -0.39 is 0 Å². The number of ether oxygens (including phenoxy) is 2. The number of alkyl halides is 1. The molecule has 1 aliphatic heterocycles. The molecule has 0 bridgehead atoms. The number of nitrogens with zero attached hydrogens (tertiary/aromatic N) is 5. The molecule has 0 saturated carbocycles. The molecule has 0 spiro atoms. The van der Waals surface area contributed by atoms with E-state index in [-0.39, 0.29) is 21.5 Å². The van der Waals surface area contributed by atoms with Crippen molar-refractivity contribution in [3.05, 3.63) is 65.9 Å². The third kappa shape index (κ3) is 5.39. The second kappa shape index (κ2) is 11.1. The molecular formula is C27H28IN6O2-. The summed E-state index contributed by atoms with van der Waals surface area (Å²) < 4.78 is 14.3. The molecule has 9 heteroatoms. The number of benzene rings is 2. The van der Waals surface area contributed by atoms with Gasteiger partial charge in [0.1, 0.15) is 0 Å². The molecule has 8 nitrogen and oxygen atoms in total. The molecule has 1 fully saturated rings. The predicted octanol–water partition coefficient (Wildman–Crippen LogP) is 1.23. The first-order chi connectivity index (χ1) is 17.7. The van der Waals surface area contributed by atoms with Crippen LogP contribution in [0.15, 0.2) is 54.7 Å². The maximum absolute atomic E-state index is 9.20. The summed E-state index contributed by atoms with van der Waals surface area (Å²) in [6.45, 7) is 3.25. The first-order valence-electron chi connectivity index (χ1n) is 11.8. The van der Waals surface area contributed by atoms with Crippen molar-refractivity contribution in [2.45, 2.75) is 12.8 Å². The summed E-state index contributed by atoms with van der Waals surface area (Å²) in [4.78, 5) is 14.7. The van der Waals surface area contributed by atoms with Crippen LogP contribution in [0.3, 0.4) is 0 Å². The van der Waals surface area contributed by atoms with E-state index in [1.807, 2.05) is 18.2 Å². The van der Waals surface area contributed by atoms with Crippen molar-refractivity contribution in [2.24, 2.45) is 0 Å². The van der Waals surface area contributed by atoms with Crippen LogP contribution in [0.4, 0.5) is 5.69 Å². The van der Waals surface area contributed by atoms with Gasteiger partial charge in [-0.15, -0.1) is 0 Å². The Labute approximate surface area is 221 Å². The number of hydrogen-bond acceptors (Lipinski definition) is 7. The minimum atomic E-state index is -0.0470. The monoisotopic (exact) mass is 595 g/mol. The van der Waals surface area contributed by atoms with E-state index >= 15 is 0 Å². The van der Waals surface area contributed by atoms with Crippen molar-refractivity contribution >= 4 is 16.6 Å². The van der Waals surface area contributed by atoms with Crippen LogP contribution in [0.5, 0.6) is 11.8 Å². The van der Waals surface area contributed by atoms with Gasteiger partial charge in [0.2, 0.25) is 0 Å². The Kier molecular flexibility index (Phi) is 7.53.